The summed E-state index contributed by atoms with van der Waals surface area (Å²) in [5, 5.41) is 11.2. The number of aliphatic hydroxyl groups is 1. The van der Waals surface area contributed by atoms with Gasteiger partial charge in [-0.15, -0.1) is 0 Å². The predicted molar refractivity (Wildman–Crippen MR) is 168 cm³/mol. The second kappa shape index (κ2) is 10.1. The van der Waals surface area contributed by atoms with Gasteiger partial charge in [0.05, 0.1) is 11.0 Å². The molecule has 41 heavy (non-hydrogen) atoms. The molecule has 1 aromatic carbocycles. The van der Waals surface area contributed by atoms with Crippen LogP contribution in [0.1, 0.15) is 108 Å². The van der Waals surface area contributed by atoms with Crippen molar-refractivity contribution in [2.45, 2.75) is 135 Å². The van der Waals surface area contributed by atoms with Crippen molar-refractivity contribution in [2.75, 3.05) is 0 Å². The lowest BCUT2D eigenvalue weighted by Crippen LogP contribution is -2.53. The first-order chi connectivity index (χ1) is 18.9. The first kappa shape index (κ1) is 31.2. The molecule has 5 nitrogen and oxygen atoms in total. The highest BCUT2D eigenvalue weighted by Gasteiger charge is 2.61. The van der Waals surface area contributed by atoms with E-state index in [1.807, 2.05) is 13.8 Å². The molecule has 8 atom stereocenters. The van der Waals surface area contributed by atoms with Crippen LogP contribution in [0.3, 0.4) is 0 Å². The number of allylic oxidation sites excluding steroid dienone is 1. The van der Waals surface area contributed by atoms with Crippen molar-refractivity contribution in [2.24, 2.45) is 28.6 Å². The zero-order valence-electron chi connectivity index (χ0n) is 26.9. The molecule has 0 radical (unpaired) electrons. The molecule has 228 valence electrons. The number of carbonyl (C=O) groups is 1. The third-order valence-corrected chi connectivity index (χ3v) is 18.1. The van der Waals surface area contributed by atoms with Gasteiger partial charge in [-0.25, -0.2) is 4.21 Å². The van der Waals surface area contributed by atoms with Gasteiger partial charge in [0, 0.05) is 17.4 Å². The summed E-state index contributed by atoms with van der Waals surface area (Å²) in [5.41, 5.74) is 4.71. The summed E-state index contributed by atoms with van der Waals surface area (Å²) in [6, 6.07) is 0. The minimum Gasteiger partial charge on any atom is -0.543 e. The number of fused-ring (bicyclic) bond motifs is 5. The Labute approximate surface area is 251 Å². The fourth-order valence-electron chi connectivity index (χ4n) is 9.46. The largest absolute Gasteiger partial charge is 0.543 e. The van der Waals surface area contributed by atoms with Gasteiger partial charge in [0.2, 0.25) is 0 Å². The molecule has 0 bridgehead atoms. The molecule has 3 fully saturated rings. The molecule has 4 aliphatic carbocycles. The predicted octanol–water partition coefficient (Wildman–Crippen LogP) is 8.16. The van der Waals surface area contributed by atoms with E-state index >= 15 is 0 Å². The normalized spacial score (nSPS) is 36.2. The highest BCUT2D eigenvalue weighted by Crippen LogP contribution is 2.67. The van der Waals surface area contributed by atoms with E-state index in [4.69, 9.17) is 4.43 Å². The lowest BCUT2D eigenvalue weighted by atomic mass is 9.44. The van der Waals surface area contributed by atoms with E-state index in [1.54, 1.807) is 0 Å². The van der Waals surface area contributed by atoms with E-state index in [2.05, 4.69) is 60.7 Å². The van der Waals surface area contributed by atoms with Gasteiger partial charge in [-0.05, 0) is 123 Å². The standard InChI is InChI=1S/C34H52O5SSi/c1-19-29(20(2)31(40(37)38)21(3)30(19)39-41(9,10)32(4,5)6)27-18-23(35)17-22-11-12-24-25-13-14-28(36)33(25,7)16-15-26(24)34(22,27)8/h11,23-27,35H,12-18H2,1-10H3,(H,37,38)/t23-,24+,25+,26+,27?,33+,34+/m1/s1. The maximum absolute atomic E-state index is 13.0. The smallest absolute Gasteiger partial charge is 0.250 e. The second-order valence-electron chi connectivity index (χ2n) is 15.7. The minimum atomic E-state index is -2.25. The quantitative estimate of drug-likeness (QED) is 0.207. The van der Waals surface area contributed by atoms with Crippen LogP contribution in [0.4, 0.5) is 0 Å². The lowest BCUT2D eigenvalue weighted by molar-refractivity contribution is -0.132. The van der Waals surface area contributed by atoms with E-state index < -0.39 is 25.5 Å². The molecule has 2 N–H and O–H groups in total. The van der Waals surface area contributed by atoms with Crippen LogP contribution in [0.25, 0.3) is 0 Å². The molecule has 0 aromatic heterocycles. The topological polar surface area (TPSA) is 83.8 Å². The summed E-state index contributed by atoms with van der Waals surface area (Å²) in [6.45, 7) is 21.8. The molecule has 0 aliphatic heterocycles. The Morgan fingerprint density at radius 1 is 1.05 bits per heavy atom. The molecule has 0 spiro atoms. The van der Waals surface area contributed by atoms with Gasteiger partial charge in [0.1, 0.15) is 11.5 Å². The Hall–Kier alpha value is -1.28. The SMILES string of the molecule is Cc1c(O[Si](C)(C)C(C)(C)C)c(C)c(S(=O)O)c(C)c1C1C[C@H](O)CC2=CC[C@H]3[C@@H]4CCC(=O)[C@@]4(C)CC[C@@H]3[C@]21C. The Bertz CT molecular complexity index is 1330. The zero-order valence-corrected chi connectivity index (χ0v) is 28.8. The zero-order chi connectivity index (χ0) is 30.4. The number of rotatable bonds is 4. The summed E-state index contributed by atoms with van der Waals surface area (Å²) in [6.07, 6.45) is 7.90. The summed E-state index contributed by atoms with van der Waals surface area (Å²) in [5.74, 6) is 2.48. The maximum Gasteiger partial charge on any atom is 0.250 e. The molecule has 2 unspecified atom stereocenters. The third-order valence-electron chi connectivity index (χ3n) is 12.8. The lowest BCUT2D eigenvalue weighted by Gasteiger charge is -2.60. The van der Waals surface area contributed by atoms with Crippen molar-refractivity contribution in [3.63, 3.8) is 0 Å². The summed E-state index contributed by atoms with van der Waals surface area (Å²) in [7, 11) is -2.25. The Balaban J connectivity index is 1.70. The molecule has 3 saturated carbocycles. The average Bonchev–Trinajstić information content (AvgIpc) is 3.16. The fraction of sp³-hybridized carbons (Fsp3) is 0.735. The van der Waals surface area contributed by atoms with Crippen LogP contribution < -0.4 is 4.43 Å². The molecule has 7 heteroatoms. The molecule has 5 rings (SSSR count). The number of hydrogen-bond acceptors (Lipinski definition) is 4. The van der Waals surface area contributed by atoms with Crippen molar-refractivity contribution in [1.29, 1.82) is 0 Å². The molecule has 0 amide bonds. The monoisotopic (exact) mass is 600 g/mol. The third kappa shape index (κ3) is 4.58. The second-order valence-corrected chi connectivity index (χ2v) is 21.4. The average molecular weight is 601 g/mol. The number of ketones is 1. The van der Waals surface area contributed by atoms with Crippen LogP contribution in [0.5, 0.6) is 5.75 Å². The maximum atomic E-state index is 13.0. The van der Waals surface area contributed by atoms with Crippen molar-refractivity contribution >= 4 is 25.2 Å². The number of benzene rings is 1. The van der Waals surface area contributed by atoms with Gasteiger partial charge in [-0.1, -0.05) is 46.3 Å². The minimum absolute atomic E-state index is 0.00331. The van der Waals surface area contributed by atoms with E-state index in [0.29, 0.717) is 47.7 Å². The van der Waals surface area contributed by atoms with Crippen LogP contribution in [0, 0.1) is 49.4 Å². The highest BCUT2D eigenvalue weighted by molar-refractivity contribution is 7.79. The van der Waals surface area contributed by atoms with Crippen LogP contribution >= 0.6 is 0 Å². The van der Waals surface area contributed by atoms with Crippen molar-refractivity contribution in [3.8, 4) is 5.75 Å². The van der Waals surface area contributed by atoms with Gasteiger partial charge in [-0.3, -0.25) is 4.79 Å². The van der Waals surface area contributed by atoms with Gasteiger partial charge in [-0.2, -0.15) is 0 Å². The van der Waals surface area contributed by atoms with E-state index in [0.717, 1.165) is 53.7 Å². The van der Waals surface area contributed by atoms with Crippen LogP contribution in [-0.2, 0) is 15.9 Å². The van der Waals surface area contributed by atoms with Crippen LogP contribution in [0.2, 0.25) is 18.1 Å². The summed E-state index contributed by atoms with van der Waals surface area (Å²) >= 11 is -2.17. The van der Waals surface area contributed by atoms with Gasteiger partial charge in [0.25, 0.3) is 8.32 Å². The molecule has 4 aliphatic rings. The first-order valence-electron chi connectivity index (χ1n) is 15.7. The van der Waals surface area contributed by atoms with E-state index in [-0.39, 0.29) is 21.8 Å². The Morgan fingerprint density at radius 3 is 2.32 bits per heavy atom. The summed E-state index contributed by atoms with van der Waals surface area (Å²) in [4.78, 5) is 13.5. The van der Waals surface area contributed by atoms with Gasteiger partial charge in [0.15, 0.2) is 11.1 Å². The van der Waals surface area contributed by atoms with Crippen LogP contribution in [0.15, 0.2) is 16.5 Å². The van der Waals surface area contributed by atoms with Crippen molar-refractivity contribution in [1.82, 2.24) is 0 Å². The van der Waals surface area contributed by atoms with Gasteiger partial charge >= 0.3 is 0 Å². The Morgan fingerprint density at radius 2 is 1.71 bits per heavy atom. The molecular formula is C34H52O5SSi. The Kier molecular flexibility index (Phi) is 7.70. The van der Waals surface area contributed by atoms with Crippen molar-refractivity contribution < 1.29 is 23.1 Å². The summed E-state index contributed by atoms with van der Waals surface area (Å²) < 4.78 is 30.5. The highest BCUT2D eigenvalue weighted by atomic mass is 32.2. The number of hydrogen-bond donors (Lipinski definition) is 2. The van der Waals surface area contributed by atoms with Gasteiger partial charge < -0.3 is 14.1 Å². The number of carbonyl (C=O) groups excluding carboxylic acids is 1. The van der Waals surface area contributed by atoms with Crippen LogP contribution in [-0.4, -0.2) is 34.1 Å². The molecular weight excluding hydrogens is 549 g/mol. The van der Waals surface area contributed by atoms with Crippen molar-refractivity contribution in [3.05, 3.63) is 33.9 Å². The van der Waals surface area contributed by atoms with E-state index in [9.17, 15) is 18.7 Å². The molecule has 0 saturated heterocycles. The number of Topliss-reactive ketones (excluding diaryl/α,β-unsaturated/α-hetero) is 1. The molecule has 1 aromatic rings. The first-order valence-corrected chi connectivity index (χ1v) is 19.7. The van der Waals surface area contributed by atoms with E-state index in [1.165, 1.54) is 5.57 Å². The fourth-order valence-corrected chi connectivity index (χ4v) is 11.3. The number of aliphatic hydroxyl groups excluding tert-OH is 1. The molecule has 0 heterocycles.